The maximum Gasteiger partial charge on any atom is 0.241 e. The van der Waals surface area contributed by atoms with Gasteiger partial charge in [-0.3, -0.25) is 4.79 Å². The number of benzene rings is 2. The maximum absolute atomic E-state index is 12.8. The number of piperidine rings is 1. The molecule has 1 saturated heterocycles. The van der Waals surface area contributed by atoms with Gasteiger partial charge in [0.15, 0.2) is 0 Å². The van der Waals surface area contributed by atoms with Crippen molar-refractivity contribution in [3.63, 3.8) is 0 Å². The second kappa shape index (κ2) is 10.3. The monoisotopic (exact) mass is 444 g/mol. The lowest BCUT2D eigenvalue weighted by atomic mass is 10.1. The number of nitrogens with zero attached hydrogens (tertiary/aromatic N) is 1. The van der Waals surface area contributed by atoms with Gasteiger partial charge >= 0.3 is 0 Å². The molecule has 0 radical (unpaired) electrons. The van der Waals surface area contributed by atoms with E-state index in [0.29, 0.717) is 50.3 Å². The van der Waals surface area contributed by atoms with Gasteiger partial charge in [0.2, 0.25) is 15.9 Å². The number of aryl methyl sites for hydroxylation is 3. The van der Waals surface area contributed by atoms with Crippen LogP contribution in [-0.2, 0) is 14.8 Å². The predicted octanol–water partition coefficient (Wildman–Crippen LogP) is 3.74. The standard InChI is InChI=1S/C24H32N2O4S/c1-18-7-10-22(11-8-18)30-16-4-5-24(27)26-14-12-21(13-15-26)25-31(28,29)23-17-19(2)6-9-20(23)3/h6-11,17,21,25H,4-5,12-16H2,1-3H3. The van der Waals surface area contributed by atoms with E-state index >= 15 is 0 Å². The topological polar surface area (TPSA) is 75.7 Å². The van der Waals surface area contributed by atoms with Crippen molar-refractivity contribution in [2.24, 2.45) is 0 Å². The summed E-state index contributed by atoms with van der Waals surface area (Å²) in [4.78, 5) is 14.6. The highest BCUT2D eigenvalue weighted by molar-refractivity contribution is 7.89. The van der Waals surface area contributed by atoms with Crippen LogP contribution in [0.4, 0.5) is 0 Å². The Kier molecular flexibility index (Phi) is 7.73. The number of likely N-dealkylation sites (tertiary alicyclic amines) is 1. The summed E-state index contributed by atoms with van der Waals surface area (Å²) in [5, 5.41) is 0. The Morgan fingerprint density at radius 1 is 1.03 bits per heavy atom. The summed E-state index contributed by atoms with van der Waals surface area (Å²) in [6.45, 7) is 7.35. The van der Waals surface area contributed by atoms with Crippen molar-refractivity contribution in [2.75, 3.05) is 19.7 Å². The van der Waals surface area contributed by atoms with Crippen molar-refractivity contribution >= 4 is 15.9 Å². The highest BCUT2D eigenvalue weighted by atomic mass is 32.2. The first kappa shape index (κ1) is 23.3. The van der Waals surface area contributed by atoms with Crippen LogP contribution >= 0.6 is 0 Å². The van der Waals surface area contributed by atoms with Gasteiger partial charge in [0.05, 0.1) is 11.5 Å². The minimum absolute atomic E-state index is 0.100. The van der Waals surface area contributed by atoms with Crippen LogP contribution in [0, 0.1) is 20.8 Å². The van der Waals surface area contributed by atoms with Gasteiger partial charge in [-0.2, -0.15) is 0 Å². The summed E-state index contributed by atoms with van der Waals surface area (Å²) in [6.07, 6.45) is 2.34. The first-order valence-electron chi connectivity index (χ1n) is 10.8. The highest BCUT2D eigenvalue weighted by Crippen LogP contribution is 2.20. The molecule has 0 aliphatic carbocycles. The molecule has 0 saturated carbocycles. The summed E-state index contributed by atoms with van der Waals surface area (Å²) >= 11 is 0. The Labute approximate surface area is 185 Å². The average molecular weight is 445 g/mol. The van der Waals surface area contributed by atoms with Crippen LogP contribution in [-0.4, -0.2) is 45.0 Å². The van der Waals surface area contributed by atoms with Gasteiger partial charge in [-0.15, -0.1) is 0 Å². The number of hydrogen-bond acceptors (Lipinski definition) is 4. The molecular formula is C24H32N2O4S. The molecule has 1 aliphatic heterocycles. The highest BCUT2D eigenvalue weighted by Gasteiger charge is 2.27. The zero-order valence-electron chi connectivity index (χ0n) is 18.6. The van der Waals surface area contributed by atoms with Crippen LogP contribution in [0.2, 0.25) is 0 Å². The molecule has 1 amide bonds. The van der Waals surface area contributed by atoms with Crippen LogP contribution in [0.5, 0.6) is 5.75 Å². The predicted molar refractivity (Wildman–Crippen MR) is 122 cm³/mol. The molecular weight excluding hydrogens is 412 g/mol. The van der Waals surface area contributed by atoms with Crippen LogP contribution in [0.15, 0.2) is 47.4 Å². The number of sulfonamides is 1. The van der Waals surface area contributed by atoms with Crippen LogP contribution in [0.3, 0.4) is 0 Å². The molecule has 1 fully saturated rings. The number of nitrogens with one attached hydrogen (secondary N) is 1. The van der Waals surface area contributed by atoms with Crippen LogP contribution < -0.4 is 9.46 Å². The van der Waals surface area contributed by atoms with E-state index in [1.807, 2.05) is 55.1 Å². The third-order valence-electron chi connectivity index (χ3n) is 5.63. The number of hydrogen-bond donors (Lipinski definition) is 1. The van der Waals surface area contributed by atoms with Gasteiger partial charge in [-0.25, -0.2) is 13.1 Å². The van der Waals surface area contributed by atoms with Gasteiger partial charge in [-0.05, 0) is 69.4 Å². The molecule has 0 spiro atoms. The van der Waals surface area contributed by atoms with Gasteiger partial charge < -0.3 is 9.64 Å². The average Bonchev–Trinajstić information content (AvgIpc) is 2.74. The fraction of sp³-hybridized carbons (Fsp3) is 0.458. The molecule has 0 aromatic heterocycles. The number of carbonyl (C=O) groups is 1. The van der Waals surface area contributed by atoms with Crippen molar-refractivity contribution in [1.82, 2.24) is 9.62 Å². The Balaban J connectivity index is 1.42. The molecule has 2 aromatic carbocycles. The van der Waals surface area contributed by atoms with E-state index in [9.17, 15) is 13.2 Å². The summed E-state index contributed by atoms with van der Waals surface area (Å²) in [7, 11) is -3.57. The smallest absolute Gasteiger partial charge is 0.241 e. The minimum atomic E-state index is -3.57. The molecule has 0 bridgehead atoms. The quantitative estimate of drug-likeness (QED) is 0.630. The Morgan fingerprint density at radius 2 is 1.68 bits per heavy atom. The summed E-state index contributed by atoms with van der Waals surface area (Å²) in [5.74, 6) is 0.915. The van der Waals surface area contributed by atoms with Crippen molar-refractivity contribution < 1.29 is 17.9 Å². The second-order valence-electron chi connectivity index (χ2n) is 8.31. The van der Waals surface area contributed by atoms with E-state index in [-0.39, 0.29) is 11.9 Å². The van der Waals surface area contributed by atoms with E-state index in [1.54, 1.807) is 13.0 Å². The molecule has 0 atom stereocenters. The van der Waals surface area contributed by atoms with Crippen LogP contribution in [0.25, 0.3) is 0 Å². The van der Waals surface area contributed by atoms with Crippen LogP contribution in [0.1, 0.15) is 42.4 Å². The number of carbonyl (C=O) groups excluding carboxylic acids is 1. The van der Waals surface area contributed by atoms with Crippen molar-refractivity contribution in [3.8, 4) is 5.75 Å². The number of amides is 1. The lowest BCUT2D eigenvalue weighted by Crippen LogP contribution is -2.46. The second-order valence-corrected chi connectivity index (χ2v) is 9.99. The Morgan fingerprint density at radius 3 is 2.35 bits per heavy atom. The SMILES string of the molecule is Cc1ccc(OCCCC(=O)N2CCC(NS(=O)(=O)c3cc(C)ccc3C)CC2)cc1. The zero-order chi connectivity index (χ0) is 22.4. The van der Waals surface area contributed by atoms with Gasteiger partial charge in [-0.1, -0.05) is 29.8 Å². The molecule has 2 aromatic rings. The summed E-state index contributed by atoms with van der Waals surface area (Å²) in [6, 6.07) is 13.1. The molecule has 1 heterocycles. The molecule has 31 heavy (non-hydrogen) atoms. The van der Waals surface area contributed by atoms with Crippen molar-refractivity contribution in [1.29, 1.82) is 0 Å². The molecule has 168 valence electrons. The van der Waals surface area contributed by atoms with Gasteiger partial charge in [0, 0.05) is 25.6 Å². The first-order valence-corrected chi connectivity index (χ1v) is 12.3. The fourth-order valence-corrected chi connectivity index (χ4v) is 5.37. The van der Waals surface area contributed by atoms with E-state index in [0.717, 1.165) is 16.9 Å². The molecule has 6 nitrogen and oxygen atoms in total. The third kappa shape index (κ3) is 6.55. The van der Waals surface area contributed by atoms with E-state index in [4.69, 9.17) is 4.74 Å². The van der Waals surface area contributed by atoms with E-state index in [1.165, 1.54) is 5.56 Å². The first-order chi connectivity index (χ1) is 14.7. The third-order valence-corrected chi connectivity index (χ3v) is 7.29. The van der Waals surface area contributed by atoms with E-state index in [2.05, 4.69) is 4.72 Å². The number of rotatable bonds is 8. The number of ether oxygens (including phenoxy) is 1. The van der Waals surface area contributed by atoms with Crippen molar-refractivity contribution in [2.45, 2.75) is 57.4 Å². The molecule has 0 unspecified atom stereocenters. The summed E-state index contributed by atoms with van der Waals surface area (Å²) in [5.41, 5.74) is 2.83. The van der Waals surface area contributed by atoms with Gasteiger partial charge in [0.1, 0.15) is 5.75 Å². The molecule has 3 rings (SSSR count). The molecule has 1 aliphatic rings. The Hall–Kier alpha value is -2.38. The normalized spacial score (nSPS) is 15.1. The largest absolute Gasteiger partial charge is 0.494 e. The summed E-state index contributed by atoms with van der Waals surface area (Å²) < 4.78 is 34.1. The van der Waals surface area contributed by atoms with E-state index < -0.39 is 10.0 Å². The molecule has 7 heteroatoms. The van der Waals surface area contributed by atoms with Crippen molar-refractivity contribution in [3.05, 3.63) is 59.2 Å². The lowest BCUT2D eigenvalue weighted by Gasteiger charge is -2.32. The molecule has 1 N–H and O–H groups in total. The maximum atomic E-state index is 12.8. The minimum Gasteiger partial charge on any atom is -0.494 e. The lowest BCUT2D eigenvalue weighted by molar-refractivity contribution is -0.132. The fourth-order valence-electron chi connectivity index (χ4n) is 3.73. The van der Waals surface area contributed by atoms with Gasteiger partial charge in [0.25, 0.3) is 0 Å². The Bertz CT molecular complexity index is 995. The zero-order valence-corrected chi connectivity index (χ0v) is 19.4.